The molecule has 2 N–H and O–H groups in total. The van der Waals surface area contributed by atoms with Crippen LogP contribution in [0.15, 0.2) is 35.4 Å². The van der Waals surface area contributed by atoms with Gasteiger partial charge in [0.15, 0.2) is 5.82 Å². The van der Waals surface area contributed by atoms with Crippen LogP contribution in [0, 0.1) is 0 Å². The van der Waals surface area contributed by atoms with Crippen LogP contribution in [0.2, 0.25) is 5.02 Å². The number of nitrogens with one attached hydrogen (secondary N) is 2. The number of hydrogen-bond acceptors (Lipinski definition) is 4. The molecule has 0 aliphatic carbocycles. The van der Waals surface area contributed by atoms with E-state index in [1.165, 1.54) is 30.9 Å². The fourth-order valence-electron chi connectivity index (χ4n) is 2.26. The maximum Gasteiger partial charge on any atom is 0.265 e. The van der Waals surface area contributed by atoms with Gasteiger partial charge in [-0.1, -0.05) is 11.6 Å². The first kappa shape index (κ1) is 16.6. The van der Waals surface area contributed by atoms with Gasteiger partial charge in [-0.2, -0.15) is 5.10 Å². The van der Waals surface area contributed by atoms with Gasteiger partial charge in [0.25, 0.3) is 10.0 Å². The fraction of sp³-hybridized carbons (Fsp3) is 0.214. The smallest absolute Gasteiger partial charge is 0.265 e. The van der Waals surface area contributed by atoms with Crippen molar-refractivity contribution in [3.63, 3.8) is 0 Å². The Morgan fingerprint density at radius 1 is 1.42 bits per heavy atom. The maximum atomic E-state index is 12.9. The maximum absolute atomic E-state index is 12.9. The summed E-state index contributed by atoms with van der Waals surface area (Å²) in [6.07, 6.45) is -0.170. The van der Waals surface area contributed by atoms with Crippen LogP contribution in [0.4, 0.5) is 10.2 Å². The highest BCUT2D eigenvalue weighted by molar-refractivity contribution is 7.93. The molecule has 3 rings (SSSR count). The minimum atomic E-state index is -3.89. The lowest BCUT2D eigenvalue weighted by Crippen LogP contribution is -2.13. The summed E-state index contributed by atoms with van der Waals surface area (Å²) in [4.78, 5) is 2.92. The van der Waals surface area contributed by atoms with Gasteiger partial charge in [0.05, 0.1) is 0 Å². The van der Waals surface area contributed by atoms with Gasteiger partial charge in [0, 0.05) is 42.2 Å². The molecule has 0 bridgehead atoms. The lowest BCUT2D eigenvalue weighted by molar-refractivity contribution is 0.0762. The van der Waals surface area contributed by atoms with Crippen molar-refractivity contribution in [2.45, 2.75) is 18.2 Å². The van der Waals surface area contributed by atoms with E-state index in [0.29, 0.717) is 15.9 Å². The van der Waals surface area contributed by atoms with Crippen molar-refractivity contribution >= 4 is 38.3 Å². The Hall–Kier alpha value is -2.26. The lowest BCUT2D eigenvalue weighted by atomic mass is 10.2. The van der Waals surface area contributed by atoms with Gasteiger partial charge in [-0.05, 0) is 18.2 Å². The number of halogens is 2. The number of aromatic nitrogens is 3. The van der Waals surface area contributed by atoms with Crippen molar-refractivity contribution < 1.29 is 17.5 Å². The Labute approximate surface area is 142 Å². The van der Waals surface area contributed by atoms with E-state index in [0.717, 1.165) is 0 Å². The summed E-state index contributed by atoms with van der Waals surface area (Å²) < 4.78 is 46.6. The number of anilines is 1. The third-order valence-corrected chi connectivity index (χ3v) is 4.88. The lowest BCUT2D eigenvalue weighted by Gasteiger charge is -2.04. The second-order valence-electron chi connectivity index (χ2n) is 5.10. The molecule has 0 saturated carbocycles. The first-order chi connectivity index (χ1) is 11.3. The number of benzene rings is 1. The standard InChI is InChI=1S/C14H14ClFN4O3S/c1-8(16)23-14-6-13(18-20(14)2)19-24(21,22)12-7-17-11-5-9(15)3-4-10(11)12/h3-8,17H,1-2H3,(H,18,19). The highest BCUT2D eigenvalue weighted by atomic mass is 35.5. The van der Waals surface area contributed by atoms with Gasteiger partial charge in [-0.25, -0.2) is 17.5 Å². The molecule has 0 saturated heterocycles. The predicted molar refractivity (Wildman–Crippen MR) is 88.5 cm³/mol. The average molecular weight is 373 g/mol. The van der Waals surface area contributed by atoms with E-state index in [9.17, 15) is 12.8 Å². The van der Waals surface area contributed by atoms with Crippen LogP contribution in [0.25, 0.3) is 10.9 Å². The van der Waals surface area contributed by atoms with E-state index >= 15 is 0 Å². The van der Waals surface area contributed by atoms with Crippen molar-refractivity contribution in [3.8, 4) is 5.88 Å². The summed E-state index contributed by atoms with van der Waals surface area (Å²) in [5.74, 6) is 0.130. The molecule has 10 heteroatoms. The number of aromatic amines is 1. The molecule has 1 aromatic carbocycles. The molecule has 0 aliphatic rings. The Balaban J connectivity index is 1.93. The third kappa shape index (κ3) is 3.17. The van der Waals surface area contributed by atoms with Crippen LogP contribution in [0.5, 0.6) is 5.88 Å². The van der Waals surface area contributed by atoms with E-state index in [4.69, 9.17) is 16.3 Å². The highest BCUT2D eigenvalue weighted by Gasteiger charge is 2.21. The molecule has 0 fully saturated rings. The van der Waals surface area contributed by atoms with Gasteiger partial charge in [-0.15, -0.1) is 0 Å². The number of fused-ring (bicyclic) bond motifs is 1. The van der Waals surface area contributed by atoms with Crippen molar-refractivity contribution in [1.29, 1.82) is 0 Å². The number of alkyl halides is 1. The summed E-state index contributed by atoms with van der Waals surface area (Å²) in [6.45, 7) is 1.22. The monoisotopic (exact) mass is 372 g/mol. The van der Waals surface area contributed by atoms with Crippen LogP contribution in [-0.2, 0) is 17.1 Å². The van der Waals surface area contributed by atoms with E-state index < -0.39 is 16.4 Å². The van der Waals surface area contributed by atoms with E-state index in [-0.39, 0.29) is 16.6 Å². The minimum Gasteiger partial charge on any atom is -0.444 e. The Morgan fingerprint density at radius 2 is 2.17 bits per heavy atom. The van der Waals surface area contributed by atoms with Gasteiger partial charge in [-0.3, -0.25) is 4.72 Å². The molecule has 2 aromatic heterocycles. The molecule has 0 spiro atoms. The summed E-state index contributed by atoms with van der Waals surface area (Å²) in [7, 11) is -2.37. The van der Waals surface area contributed by atoms with Crippen molar-refractivity contribution in [3.05, 3.63) is 35.5 Å². The zero-order valence-electron chi connectivity index (χ0n) is 12.7. The average Bonchev–Trinajstić information content (AvgIpc) is 3.02. The number of rotatable bonds is 5. The largest absolute Gasteiger partial charge is 0.444 e. The number of hydrogen-bond donors (Lipinski definition) is 2. The van der Waals surface area contributed by atoms with Gasteiger partial charge in [0.2, 0.25) is 12.2 Å². The van der Waals surface area contributed by atoms with Crippen LogP contribution < -0.4 is 9.46 Å². The summed E-state index contributed by atoms with van der Waals surface area (Å²) in [5, 5.41) is 4.95. The molecule has 1 atom stereocenters. The molecular formula is C14H14ClFN4O3S. The third-order valence-electron chi connectivity index (χ3n) is 3.25. The molecular weight excluding hydrogens is 359 g/mol. The Bertz CT molecular complexity index is 997. The molecule has 3 aromatic rings. The van der Waals surface area contributed by atoms with Crippen molar-refractivity contribution in [2.75, 3.05) is 4.72 Å². The second kappa shape index (κ2) is 5.99. The highest BCUT2D eigenvalue weighted by Crippen LogP contribution is 2.27. The first-order valence-electron chi connectivity index (χ1n) is 6.90. The Kier molecular flexibility index (Phi) is 4.14. The molecule has 128 valence electrons. The van der Waals surface area contributed by atoms with E-state index in [1.807, 2.05) is 0 Å². The SMILES string of the molecule is CC(F)Oc1cc(NS(=O)(=O)c2c[nH]c3cc(Cl)ccc23)nn1C. The summed E-state index contributed by atoms with van der Waals surface area (Å²) >= 11 is 5.89. The molecule has 0 aliphatic heterocycles. The number of aryl methyl sites for hydroxylation is 1. The van der Waals surface area contributed by atoms with Gasteiger partial charge >= 0.3 is 0 Å². The predicted octanol–water partition coefficient (Wildman–Crippen LogP) is 3.05. The molecule has 0 amide bonds. The number of H-pyrrole nitrogens is 1. The number of sulfonamides is 1. The Morgan fingerprint density at radius 3 is 2.88 bits per heavy atom. The fourth-order valence-corrected chi connectivity index (χ4v) is 3.60. The molecule has 0 radical (unpaired) electrons. The quantitative estimate of drug-likeness (QED) is 0.720. The topological polar surface area (TPSA) is 89.0 Å². The van der Waals surface area contributed by atoms with Crippen molar-refractivity contribution in [1.82, 2.24) is 14.8 Å². The zero-order chi connectivity index (χ0) is 17.5. The number of nitrogens with zero attached hydrogens (tertiary/aromatic N) is 2. The minimum absolute atomic E-state index is 0.0245. The zero-order valence-corrected chi connectivity index (χ0v) is 14.3. The summed E-state index contributed by atoms with van der Waals surface area (Å²) in [6, 6.07) is 6.15. The number of ether oxygens (including phenoxy) is 1. The van der Waals surface area contributed by atoms with E-state index in [1.54, 1.807) is 18.2 Å². The summed E-state index contributed by atoms with van der Waals surface area (Å²) in [5.41, 5.74) is 0.596. The van der Waals surface area contributed by atoms with Gasteiger partial charge in [0.1, 0.15) is 4.90 Å². The molecule has 2 heterocycles. The molecule has 7 nitrogen and oxygen atoms in total. The van der Waals surface area contributed by atoms with Crippen LogP contribution in [0.3, 0.4) is 0 Å². The van der Waals surface area contributed by atoms with Crippen LogP contribution in [-0.4, -0.2) is 29.5 Å². The van der Waals surface area contributed by atoms with Gasteiger partial charge < -0.3 is 9.72 Å². The van der Waals surface area contributed by atoms with E-state index in [2.05, 4.69) is 14.8 Å². The molecule has 1 unspecified atom stereocenters. The first-order valence-corrected chi connectivity index (χ1v) is 8.76. The second-order valence-corrected chi connectivity index (χ2v) is 7.19. The van der Waals surface area contributed by atoms with Crippen molar-refractivity contribution in [2.24, 2.45) is 7.05 Å². The van der Waals surface area contributed by atoms with Crippen LogP contribution in [0.1, 0.15) is 6.92 Å². The molecule has 24 heavy (non-hydrogen) atoms. The normalized spacial score (nSPS) is 13.2. The van der Waals surface area contributed by atoms with Crippen LogP contribution >= 0.6 is 11.6 Å².